The molecule has 0 bridgehead atoms. The van der Waals surface area contributed by atoms with Crippen molar-refractivity contribution >= 4 is 11.9 Å². The van der Waals surface area contributed by atoms with Crippen LogP contribution in [0, 0.1) is 0 Å². The third kappa shape index (κ3) is 4.84. The number of hydrogen-bond donors (Lipinski definition) is 0. The van der Waals surface area contributed by atoms with E-state index in [1.807, 2.05) is 0 Å². The summed E-state index contributed by atoms with van der Waals surface area (Å²) in [5.41, 5.74) is 1.90. The third-order valence-corrected chi connectivity index (χ3v) is 3.21. The van der Waals surface area contributed by atoms with Gasteiger partial charge in [0.05, 0.1) is 24.3 Å². The fraction of sp³-hybridized carbons (Fsp3) is 0.263. The van der Waals surface area contributed by atoms with Crippen molar-refractivity contribution in [1.82, 2.24) is 0 Å². The highest BCUT2D eigenvalue weighted by Crippen LogP contribution is 2.16. The lowest BCUT2D eigenvalue weighted by Gasteiger charge is -2.09. The van der Waals surface area contributed by atoms with Crippen molar-refractivity contribution in [1.29, 1.82) is 0 Å². The molecule has 0 radical (unpaired) electrons. The van der Waals surface area contributed by atoms with Crippen LogP contribution < -0.4 is 4.74 Å². The Labute approximate surface area is 141 Å². The quantitative estimate of drug-likeness (QED) is 0.758. The molecule has 0 aliphatic carbocycles. The van der Waals surface area contributed by atoms with Gasteiger partial charge in [0.25, 0.3) is 0 Å². The maximum atomic E-state index is 11.8. The van der Waals surface area contributed by atoms with Gasteiger partial charge < -0.3 is 14.2 Å². The summed E-state index contributed by atoms with van der Waals surface area (Å²) in [7, 11) is 1.35. The lowest BCUT2D eigenvalue weighted by Crippen LogP contribution is -2.11. The molecule has 0 saturated carbocycles. The van der Waals surface area contributed by atoms with Gasteiger partial charge in [-0.2, -0.15) is 0 Å². The van der Waals surface area contributed by atoms with E-state index in [0.29, 0.717) is 23.5 Å². The molecule has 0 fully saturated rings. The summed E-state index contributed by atoms with van der Waals surface area (Å²) in [6.45, 7) is 3.97. The third-order valence-electron chi connectivity index (χ3n) is 3.21. The fourth-order valence-electron chi connectivity index (χ4n) is 1.99. The van der Waals surface area contributed by atoms with Crippen molar-refractivity contribution in [3.63, 3.8) is 0 Å². The minimum absolute atomic E-state index is 0.151. The highest BCUT2D eigenvalue weighted by Gasteiger charge is 2.09. The highest BCUT2D eigenvalue weighted by atomic mass is 16.5. The van der Waals surface area contributed by atoms with Crippen molar-refractivity contribution in [2.75, 3.05) is 7.11 Å². The molecule has 5 nitrogen and oxygen atoms in total. The Bertz CT molecular complexity index is 687. The summed E-state index contributed by atoms with van der Waals surface area (Å²) < 4.78 is 15.4. The molecule has 0 spiro atoms. The molecular weight excluding hydrogens is 308 g/mol. The smallest absolute Gasteiger partial charge is 0.338 e. The maximum Gasteiger partial charge on any atom is 0.338 e. The summed E-state index contributed by atoms with van der Waals surface area (Å²) in [6.07, 6.45) is -0.151. The first-order chi connectivity index (χ1) is 11.5. The van der Waals surface area contributed by atoms with E-state index >= 15 is 0 Å². The van der Waals surface area contributed by atoms with E-state index in [1.165, 1.54) is 7.11 Å². The van der Waals surface area contributed by atoms with Crippen molar-refractivity contribution < 1.29 is 23.8 Å². The van der Waals surface area contributed by atoms with E-state index in [0.717, 1.165) is 5.56 Å². The van der Waals surface area contributed by atoms with Crippen LogP contribution in [-0.4, -0.2) is 25.2 Å². The molecule has 0 unspecified atom stereocenters. The Hall–Kier alpha value is -2.82. The molecule has 0 heterocycles. The van der Waals surface area contributed by atoms with Gasteiger partial charge in [0.15, 0.2) is 0 Å². The van der Waals surface area contributed by atoms with Crippen LogP contribution in [0.2, 0.25) is 0 Å². The number of benzene rings is 2. The van der Waals surface area contributed by atoms with Gasteiger partial charge in [0, 0.05) is 0 Å². The Morgan fingerprint density at radius 2 is 1.42 bits per heavy atom. The molecule has 0 aromatic heterocycles. The van der Waals surface area contributed by atoms with Gasteiger partial charge in [-0.25, -0.2) is 9.59 Å². The average Bonchev–Trinajstić information content (AvgIpc) is 2.59. The van der Waals surface area contributed by atoms with Crippen LogP contribution in [0.4, 0.5) is 0 Å². The minimum Gasteiger partial charge on any atom is -0.489 e. The molecule has 0 aliphatic rings. The van der Waals surface area contributed by atoms with E-state index in [2.05, 4.69) is 4.74 Å². The van der Waals surface area contributed by atoms with Crippen LogP contribution in [0.3, 0.4) is 0 Å². The number of carbonyl (C=O) groups is 2. The van der Waals surface area contributed by atoms with Gasteiger partial charge in [0.2, 0.25) is 0 Å². The van der Waals surface area contributed by atoms with Gasteiger partial charge in [-0.15, -0.1) is 0 Å². The molecule has 2 aromatic carbocycles. The van der Waals surface area contributed by atoms with Crippen LogP contribution >= 0.6 is 0 Å². The molecule has 0 aliphatic heterocycles. The standard InChI is InChI=1S/C19H20O5/c1-13(2)24-19(21)16-8-10-17(11-9-16)23-12-14-4-6-15(7-5-14)18(20)22-3/h4-11,13H,12H2,1-3H3. The zero-order valence-corrected chi connectivity index (χ0v) is 13.9. The molecular formula is C19H20O5. The summed E-state index contributed by atoms with van der Waals surface area (Å²) in [6, 6.07) is 13.8. The number of rotatable bonds is 6. The monoisotopic (exact) mass is 328 g/mol. The van der Waals surface area contributed by atoms with Crippen LogP contribution in [0.5, 0.6) is 5.75 Å². The Morgan fingerprint density at radius 1 is 0.875 bits per heavy atom. The zero-order valence-electron chi connectivity index (χ0n) is 13.9. The van der Waals surface area contributed by atoms with Gasteiger partial charge in [0.1, 0.15) is 12.4 Å². The van der Waals surface area contributed by atoms with Crippen LogP contribution in [-0.2, 0) is 16.1 Å². The predicted octanol–water partition coefficient (Wildman–Crippen LogP) is 3.62. The molecule has 0 N–H and O–H groups in total. The summed E-state index contributed by atoms with van der Waals surface area (Å²) in [5, 5.41) is 0. The van der Waals surface area contributed by atoms with Crippen molar-refractivity contribution in [3.05, 3.63) is 65.2 Å². The number of methoxy groups -OCH3 is 1. The average molecular weight is 328 g/mol. The van der Waals surface area contributed by atoms with Gasteiger partial charge >= 0.3 is 11.9 Å². The topological polar surface area (TPSA) is 61.8 Å². The largest absolute Gasteiger partial charge is 0.489 e. The molecule has 0 atom stereocenters. The van der Waals surface area contributed by atoms with E-state index in [1.54, 1.807) is 62.4 Å². The van der Waals surface area contributed by atoms with E-state index in [4.69, 9.17) is 9.47 Å². The fourth-order valence-corrected chi connectivity index (χ4v) is 1.99. The lowest BCUT2D eigenvalue weighted by atomic mass is 10.1. The SMILES string of the molecule is COC(=O)c1ccc(COc2ccc(C(=O)OC(C)C)cc2)cc1. The second-order valence-electron chi connectivity index (χ2n) is 5.46. The van der Waals surface area contributed by atoms with Gasteiger partial charge in [-0.3, -0.25) is 0 Å². The predicted molar refractivity (Wildman–Crippen MR) is 89.1 cm³/mol. The molecule has 0 amide bonds. The van der Waals surface area contributed by atoms with Crippen LogP contribution in [0.25, 0.3) is 0 Å². The van der Waals surface area contributed by atoms with Crippen LogP contribution in [0.15, 0.2) is 48.5 Å². The molecule has 5 heteroatoms. The first kappa shape index (κ1) is 17.5. The molecule has 126 valence electrons. The van der Waals surface area contributed by atoms with Crippen molar-refractivity contribution in [2.24, 2.45) is 0 Å². The number of esters is 2. The first-order valence-electron chi connectivity index (χ1n) is 7.60. The molecule has 2 aromatic rings. The minimum atomic E-state index is -0.369. The zero-order chi connectivity index (χ0) is 17.5. The first-order valence-corrected chi connectivity index (χ1v) is 7.60. The summed E-state index contributed by atoms with van der Waals surface area (Å²) in [5.74, 6) is -0.0746. The Balaban J connectivity index is 1.92. The number of ether oxygens (including phenoxy) is 3. The lowest BCUT2D eigenvalue weighted by molar-refractivity contribution is 0.0377. The second-order valence-corrected chi connectivity index (χ2v) is 5.46. The van der Waals surface area contributed by atoms with E-state index < -0.39 is 0 Å². The highest BCUT2D eigenvalue weighted by molar-refractivity contribution is 5.89. The van der Waals surface area contributed by atoms with E-state index in [-0.39, 0.29) is 18.0 Å². The molecule has 2 rings (SSSR count). The summed E-state index contributed by atoms with van der Waals surface area (Å²) >= 11 is 0. The second kappa shape index (κ2) is 8.15. The Kier molecular flexibility index (Phi) is 5.95. The molecule has 24 heavy (non-hydrogen) atoms. The van der Waals surface area contributed by atoms with E-state index in [9.17, 15) is 9.59 Å². The number of carbonyl (C=O) groups excluding carboxylic acids is 2. The number of hydrogen-bond acceptors (Lipinski definition) is 5. The van der Waals surface area contributed by atoms with Gasteiger partial charge in [-0.05, 0) is 55.8 Å². The van der Waals surface area contributed by atoms with Gasteiger partial charge in [-0.1, -0.05) is 12.1 Å². The van der Waals surface area contributed by atoms with Crippen molar-refractivity contribution in [3.8, 4) is 5.75 Å². The van der Waals surface area contributed by atoms with Crippen LogP contribution in [0.1, 0.15) is 40.1 Å². The molecule has 0 saturated heterocycles. The summed E-state index contributed by atoms with van der Waals surface area (Å²) in [4.78, 5) is 23.1. The normalized spacial score (nSPS) is 10.3. The Morgan fingerprint density at radius 3 is 1.96 bits per heavy atom. The van der Waals surface area contributed by atoms with Crippen molar-refractivity contribution in [2.45, 2.75) is 26.6 Å². The maximum absolute atomic E-state index is 11.8.